The second-order valence-corrected chi connectivity index (χ2v) is 18.1. The maximum Gasteiger partial charge on any atom is 1.00 e. The first-order valence-electron chi connectivity index (χ1n) is 20.3. The van der Waals surface area contributed by atoms with Crippen molar-refractivity contribution in [3.05, 3.63) is 106 Å². The van der Waals surface area contributed by atoms with E-state index in [2.05, 4.69) is 16.8 Å². The maximum atomic E-state index is 13.7. The van der Waals surface area contributed by atoms with Gasteiger partial charge in [0.25, 0.3) is 0 Å². The van der Waals surface area contributed by atoms with Crippen molar-refractivity contribution in [2.45, 2.75) is 93.3 Å². The van der Waals surface area contributed by atoms with Crippen molar-refractivity contribution in [1.29, 1.82) is 0 Å². The predicted molar refractivity (Wildman–Crippen MR) is 218 cm³/mol. The van der Waals surface area contributed by atoms with Gasteiger partial charge in [0.2, 0.25) is 5.72 Å². The van der Waals surface area contributed by atoms with E-state index in [0.29, 0.717) is 49.0 Å². The third kappa shape index (κ3) is 9.88. The van der Waals surface area contributed by atoms with Crippen LogP contribution in [0.15, 0.2) is 83.4 Å². The molecule has 8 N–H and O–H groups in total. The Bertz CT molecular complexity index is 2170. The van der Waals surface area contributed by atoms with E-state index in [-0.39, 0.29) is 104 Å². The van der Waals surface area contributed by atoms with Crippen molar-refractivity contribution in [1.82, 2.24) is 0 Å². The van der Waals surface area contributed by atoms with Gasteiger partial charge in [0, 0.05) is 49.4 Å². The van der Waals surface area contributed by atoms with Gasteiger partial charge in [-0.15, -0.1) is 0 Å². The Hall–Kier alpha value is -3.42. The zero-order valence-electron chi connectivity index (χ0n) is 33.7. The van der Waals surface area contributed by atoms with Gasteiger partial charge in [0.1, 0.15) is 17.6 Å². The first-order chi connectivity index (χ1) is 27.8. The largest absolute Gasteiger partial charge is 1.00 e. The van der Waals surface area contributed by atoms with Crippen LogP contribution in [0.1, 0.15) is 104 Å². The van der Waals surface area contributed by atoms with Gasteiger partial charge in [0.15, 0.2) is 5.96 Å². The summed E-state index contributed by atoms with van der Waals surface area (Å²) in [6, 6.07) is 19.9. The number of ether oxygens (including phenoxy) is 2. The number of rotatable bonds is 9. The van der Waals surface area contributed by atoms with Gasteiger partial charge in [0.05, 0.1) is 21.5 Å². The van der Waals surface area contributed by atoms with E-state index < -0.39 is 45.0 Å². The molecule has 0 aromatic heterocycles. The molecule has 6 aliphatic heterocycles. The molecule has 1 fully saturated rings. The fraction of sp³-hybridized carbons (Fsp3) is 0.489. The third-order valence-electron chi connectivity index (χ3n) is 12.7. The van der Waals surface area contributed by atoms with Gasteiger partial charge in [-0.3, -0.25) is 0 Å². The molecule has 3 aromatic rings. The molecular weight excluding hydrogens is 782 g/mol. The number of fused-ring (bicyclic) bond motifs is 7. The molecule has 1 aliphatic carbocycles. The quantitative estimate of drug-likeness (QED) is 0.0458. The van der Waals surface area contributed by atoms with E-state index in [9.17, 15) is 33.4 Å². The molecule has 8 bridgehead atoms. The molecular formula is C45H54N3NaO9S. The number of aliphatic hydroxyl groups excluding tert-OH is 3. The van der Waals surface area contributed by atoms with Crippen molar-refractivity contribution >= 4 is 16.1 Å². The van der Waals surface area contributed by atoms with Crippen LogP contribution in [0.25, 0.3) is 0 Å². The zero-order chi connectivity index (χ0) is 41.2. The standard InChI is InChI=1S/C45H55N3O9S.Na/c1-2-29-23-41(58(53,54)55)40-22-34-19-33(21-38-18-27(25-50)4-3-5-32-20-36(52)12-15-39(32)43(34)56-38)42(40)31-6-10-35(11-7-31)45(48-44(46)47,24-28(26-51)16-17-49)57-37-13-8-30(29)9-14-37;/h6-15,20,22,27-29,33,38,40-43,49-52H,2,4,16-19,21,23-26H2,1H3,(H4,46,47,48)(H,53,54,55);/q;+1/p-1/t27-,28-,29+,33+,38-,40-,41-,42+,43-,45-;/m1./s1. The van der Waals surface area contributed by atoms with E-state index in [4.69, 9.17) is 20.9 Å². The molecule has 1 saturated heterocycles. The SMILES string of the molecule is CC[C@H]1C[C@@H](S(=O)(=O)[O-])[C@H]2C=C3C[C@@H](C[C@H]4C[C@H](CO)CC#Cc5cc(O)ccc5[C@@H]3O4)[C@@H]2c2ccc(cc2)[C@](C[C@H](CO)CCO)(N=C(N)N)Oc2ccc1cc2.[Na+]. The Morgan fingerprint density at radius 2 is 1.75 bits per heavy atom. The summed E-state index contributed by atoms with van der Waals surface area (Å²) in [6.07, 6.45) is 4.17. The Balaban J connectivity index is 0.00000585. The summed E-state index contributed by atoms with van der Waals surface area (Å²) in [6.45, 7) is 1.49. The van der Waals surface area contributed by atoms with Crippen LogP contribution in [0.5, 0.6) is 11.5 Å². The number of nitrogens with zero attached hydrogens (tertiary/aromatic N) is 1. The number of hydrogen-bond donors (Lipinski definition) is 6. The van der Waals surface area contributed by atoms with Crippen LogP contribution in [0, 0.1) is 35.5 Å². The van der Waals surface area contributed by atoms with Gasteiger partial charge >= 0.3 is 29.6 Å². The van der Waals surface area contributed by atoms with Gasteiger partial charge in [-0.05, 0) is 115 Å². The molecule has 59 heavy (non-hydrogen) atoms. The molecule has 7 aliphatic rings. The second kappa shape index (κ2) is 19.1. The molecule has 3 aromatic carbocycles. The van der Waals surface area contributed by atoms with Crippen LogP contribution in [-0.4, -0.2) is 70.5 Å². The normalized spacial score (nSPS) is 29.2. The first-order valence-corrected chi connectivity index (χ1v) is 21.8. The average molecular weight is 836 g/mol. The van der Waals surface area contributed by atoms with Gasteiger partial charge < -0.3 is 45.9 Å². The fourth-order valence-electron chi connectivity index (χ4n) is 9.93. The summed E-state index contributed by atoms with van der Waals surface area (Å²) in [4.78, 5) is 4.67. The Morgan fingerprint density at radius 3 is 2.39 bits per heavy atom. The summed E-state index contributed by atoms with van der Waals surface area (Å²) in [7, 11) is -4.88. The van der Waals surface area contributed by atoms with Crippen LogP contribution in [0.3, 0.4) is 0 Å². The van der Waals surface area contributed by atoms with E-state index in [1.807, 2.05) is 49.4 Å². The number of phenols is 1. The van der Waals surface area contributed by atoms with E-state index in [0.717, 1.165) is 22.3 Å². The maximum absolute atomic E-state index is 13.7. The number of aromatic hydroxyl groups is 1. The third-order valence-corrected chi connectivity index (χ3v) is 14.0. The van der Waals surface area contributed by atoms with Gasteiger partial charge in [-0.1, -0.05) is 67.3 Å². The number of phenolic OH excluding ortho intramolecular Hbond substituents is 1. The van der Waals surface area contributed by atoms with E-state index >= 15 is 0 Å². The number of nitrogens with two attached hydrogens (primary N) is 2. The summed E-state index contributed by atoms with van der Waals surface area (Å²) >= 11 is 0. The number of guanidine groups is 1. The van der Waals surface area contributed by atoms with Crippen molar-refractivity contribution < 1.29 is 72.4 Å². The van der Waals surface area contributed by atoms with Crippen LogP contribution >= 0.6 is 0 Å². The summed E-state index contributed by atoms with van der Waals surface area (Å²) in [5.41, 5.74) is 15.1. The monoisotopic (exact) mass is 835 g/mol. The van der Waals surface area contributed by atoms with Crippen LogP contribution in [0.4, 0.5) is 0 Å². The minimum atomic E-state index is -4.88. The van der Waals surface area contributed by atoms with Gasteiger partial charge in [-0.25, -0.2) is 13.4 Å². The summed E-state index contributed by atoms with van der Waals surface area (Å²) in [5, 5.41) is 39.8. The molecule has 0 amide bonds. The molecule has 0 radical (unpaired) electrons. The second-order valence-electron chi connectivity index (χ2n) is 16.5. The molecule has 10 rings (SSSR count). The molecule has 6 heterocycles. The number of aliphatic hydroxyl groups is 3. The van der Waals surface area contributed by atoms with Gasteiger partial charge in [-0.2, -0.15) is 0 Å². The van der Waals surface area contributed by atoms with Crippen LogP contribution in [0.2, 0.25) is 0 Å². The number of hydrogen-bond acceptors (Lipinski definition) is 10. The summed E-state index contributed by atoms with van der Waals surface area (Å²) in [5.74, 6) is 4.46. The molecule has 10 atom stereocenters. The van der Waals surface area contributed by atoms with E-state index in [1.165, 1.54) is 0 Å². The van der Waals surface area contributed by atoms with E-state index in [1.54, 1.807) is 30.3 Å². The molecule has 14 heteroatoms. The van der Waals surface area contributed by atoms with Crippen LogP contribution in [-0.2, 0) is 20.6 Å². The zero-order valence-corrected chi connectivity index (χ0v) is 36.6. The minimum Gasteiger partial charge on any atom is -0.748 e. The van der Waals surface area contributed by atoms with Crippen LogP contribution < -0.4 is 45.8 Å². The molecule has 12 nitrogen and oxygen atoms in total. The topological polar surface area (TPSA) is 221 Å². The average Bonchev–Trinajstić information content (AvgIpc) is 3.32. The minimum absolute atomic E-state index is 0. The number of allylic oxidation sites excluding steroid dienone is 1. The van der Waals surface area contributed by atoms with Crippen molar-refractivity contribution in [3.8, 4) is 23.3 Å². The predicted octanol–water partition coefficient (Wildman–Crippen LogP) is 2.02. The first kappa shape index (κ1) is 45.1. The molecule has 0 saturated carbocycles. The number of aliphatic imine (C=N–C) groups is 1. The Labute approximate surface area is 369 Å². The molecule has 0 spiro atoms. The molecule has 310 valence electrons. The van der Waals surface area contributed by atoms with Crippen molar-refractivity contribution in [2.75, 3.05) is 19.8 Å². The smallest absolute Gasteiger partial charge is 0.748 e. The Kier molecular flexibility index (Phi) is 14.6. The van der Waals surface area contributed by atoms with Crippen molar-refractivity contribution in [2.24, 2.45) is 40.1 Å². The Morgan fingerprint density at radius 1 is 1.02 bits per heavy atom. The molecule has 0 unspecified atom stereocenters. The fourth-order valence-corrected chi connectivity index (χ4v) is 11.0. The van der Waals surface area contributed by atoms with Crippen molar-refractivity contribution in [3.63, 3.8) is 0 Å². The number of benzene rings is 3. The summed E-state index contributed by atoms with van der Waals surface area (Å²) < 4.78 is 55.0.